The molecule has 0 amide bonds. The van der Waals surface area contributed by atoms with Gasteiger partial charge in [-0.3, -0.25) is 0 Å². The molecule has 2 nitrogen and oxygen atoms in total. The highest BCUT2D eigenvalue weighted by molar-refractivity contribution is 5.58. The van der Waals surface area contributed by atoms with Crippen LogP contribution in [-0.4, -0.2) is 11.4 Å². The lowest BCUT2D eigenvalue weighted by atomic mass is 9.72. The van der Waals surface area contributed by atoms with Crippen LogP contribution in [0.4, 0.5) is 0 Å². The van der Waals surface area contributed by atoms with Crippen molar-refractivity contribution in [1.82, 2.24) is 0 Å². The van der Waals surface area contributed by atoms with E-state index in [9.17, 15) is 9.90 Å². The van der Waals surface area contributed by atoms with E-state index in [2.05, 4.69) is 53.7 Å². The Hall–Kier alpha value is -1.31. The van der Waals surface area contributed by atoms with Gasteiger partial charge in [0.25, 0.3) is 0 Å². The van der Waals surface area contributed by atoms with Crippen LogP contribution in [-0.2, 0) is 15.6 Å². The van der Waals surface area contributed by atoms with Crippen LogP contribution in [0.25, 0.3) is 0 Å². The summed E-state index contributed by atoms with van der Waals surface area (Å²) in [5.74, 6) is 0.838. The highest BCUT2D eigenvalue weighted by Crippen LogP contribution is 2.44. The van der Waals surface area contributed by atoms with E-state index < -0.39 is 0 Å². The van der Waals surface area contributed by atoms with E-state index in [1.165, 1.54) is 12.0 Å². The Balaban J connectivity index is 2.62. The SMILES string of the molecule is CC(C)(C)c1cc(C2CCCCC2C=O)cc(C(C)(C)C)c1O. The first-order chi connectivity index (χ1) is 10.6. The Morgan fingerprint density at radius 2 is 1.43 bits per heavy atom. The Bertz CT molecular complexity index is 537. The van der Waals surface area contributed by atoms with Crippen molar-refractivity contribution < 1.29 is 9.90 Å². The van der Waals surface area contributed by atoms with Gasteiger partial charge in [0.1, 0.15) is 12.0 Å². The number of hydrogen-bond acceptors (Lipinski definition) is 2. The molecule has 1 fully saturated rings. The molecular weight excluding hydrogens is 284 g/mol. The van der Waals surface area contributed by atoms with Gasteiger partial charge in [-0.25, -0.2) is 0 Å². The number of rotatable bonds is 2. The maximum atomic E-state index is 11.5. The van der Waals surface area contributed by atoms with Crippen molar-refractivity contribution in [3.63, 3.8) is 0 Å². The summed E-state index contributed by atoms with van der Waals surface area (Å²) in [6.45, 7) is 12.8. The van der Waals surface area contributed by atoms with Gasteiger partial charge in [0.15, 0.2) is 0 Å². The number of benzene rings is 1. The summed E-state index contributed by atoms with van der Waals surface area (Å²) in [4.78, 5) is 11.5. The normalized spacial score (nSPS) is 22.9. The molecule has 0 bridgehead atoms. The fraction of sp³-hybridized carbons (Fsp3) is 0.667. The van der Waals surface area contributed by atoms with Crippen LogP contribution in [0.2, 0.25) is 0 Å². The first kappa shape index (κ1) is 18.0. The smallest absolute Gasteiger partial charge is 0.123 e. The standard InChI is InChI=1S/C21H32O2/c1-20(2,3)17-11-15(12-18(19(17)23)21(4,5)6)16-10-8-7-9-14(16)13-22/h11-14,16,23H,7-10H2,1-6H3. The average Bonchev–Trinajstić information content (AvgIpc) is 2.45. The minimum absolute atomic E-state index is 0.119. The molecule has 2 heteroatoms. The zero-order valence-electron chi connectivity index (χ0n) is 15.6. The van der Waals surface area contributed by atoms with E-state index >= 15 is 0 Å². The summed E-state index contributed by atoms with van der Waals surface area (Å²) in [5.41, 5.74) is 2.98. The van der Waals surface area contributed by atoms with E-state index in [-0.39, 0.29) is 16.7 Å². The molecule has 0 aromatic heterocycles. The Morgan fingerprint density at radius 3 is 1.87 bits per heavy atom. The fourth-order valence-corrected chi connectivity index (χ4v) is 3.75. The largest absolute Gasteiger partial charge is 0.507 e. The van der Waals surface area contributed by atoms with Crippen LogP contribution in [0, 0.1) is 5.92 Å². The predicted octanol–water partition coefficient (Wildman–Crippen LogP) is 5.46. The summed E-state index contributed by atoms with van der Waals surface area (Å²) in [5, 5.41) is 10.8. The Kier molecular flexibility index (Phi) is 4.94. The third-order valence-electron chi connectivity index (χ3n) is 5.17. The van der Waals surface area contributed by atoms with Crippen molar-refractivity contribution in [2.75, 3.05) is 0 Å². The monoisotopic (exact) mass is 316 g/mol. The first-order valence-corrected chi connectivity index (χ1v) is 8.89. The molecule has 1 aliphatic rings. The lowest BCUT2D eigenvalue weighted by Gasteiger charge is -2.33. The van der Waals surface area contributed by atoms with Crippen LogP contribution in [0.3, 0.4) is 0 Å². The minimum Gasteiger partial charge on any atom is -0.507 e. The van der Waals surface area contributed by atoms with Crippen LogP contribution in [0.1, 0.15) is 89.8 Å². The second-order valence-corrected chi connectivity index (χ2v) is 9.16. The molecule has 0 radical (unpaired) electrons. The number of hydrogen-bond donors (Lipinski definition) is 1. The van der Waals surface area contributed by atoms with Crippen molar-refractivity contribution in [1.29, 1.82) is 0 Å². The van der Waals surface area contributed by atoms with E-state index in [0.29, 0.717) is 11.7 Å². The summed E-state index contributed by atoms with van der Waals surface area (Å²) in [7, 11) is 0. The van der Waals surface area contributed by atoms with Gasteiger partial charge in [0.05, 0.1) is 0 Å². The zero-order chi connectivity index (χ0) is 17.4. The molecular formula is C21H32O2. The number of phenolic OH excluding ortho intramolecular Hbond substituents is 1. The van der Waals surface area contributed by atoms with Gasteiger partial charge in [-0.05, 0) is 46.3 Å². The van der Waals surface area contributed by atoms with E-state index in [4.69, 9.17) is 0 Å². The first-order valence-electron chi connectivity index (χ1n) is 8.89. The van der Waals surface area contributed by atoms with Gasteiger partial charge in [-0.1, -0.05) is 66.5 Å². The summed E-state index contributed by atoms with van der Waals surface area (Å²) in [6, 6.07) is 4.30. The van der Waals surface area contributed by atoms with Crippen molar-refractivity contribution in [3.05, 3.63) is 28.8 Å². The molecule has 0 spiro atoms. The van der Waals surface area contributed by atoms with Crippen LogP contribution < -0.4 is 0 Å². The van der Waals surface area contributed by atoms with E-state index in [0.717, 1.165) is 36.7 Å². The molecule has 2 atom stereocenters. The van der Waals surface area contributed by atoms with Gasteiger partial charge >= 0.3 is 0 Å². The van der Waals surface area contributed by atoms with Crippen molar-refractivity contribution in [3.8, 4) is 5.75 Å². The second kappa shape index (κ2) is 6.30. The molecule has 0 heterocycles. The number of phenols is 1. The lowest BCUT2D eigenvalue weighted by Crippen LogP contribution is -2.22. The Labute approximate surface area is 141 Å². The number of carbonyl (C=O) groups excluding carboxylic acids is 1. The molecule has 1 saturated carbocycles. The quantitative estimate of drug-likeness (QED) is 0.736. The second-order valence-electron chi connectivity index (χ2n) is 9.16. The van der Waals surface area contributed by atoms with Crippen LogP contribution in [0.5, 0.6) is 5.75 Å². The number of carbonyl (C=O) groups is 1. The summed E-state index contributed by atoms with van der Waals surface area (Å²) < 4.78 is 0. The van der Waals surface area contributed by atoms with Gasteiger partial charge in [-0.2, -0.15) is 0 Å². The third-order valence-corrected chi connectivity index (χ3v) is 5.17. The molecule has 2 rings (SSSR count). The fourth-order valence-electron chi connectivity index (χ4n) is 3.75. The van der Waals surface area contributed by atoms with Gasteiger partial charge in [-0.15, -0.1) is 0 Å². The maximum absolute atomic E-state index is 11.5. The van der Waals surface area contributed by atoms with Crippen molar-refractivity contribution >= 4 is 6.29 Å². The predicted molar refractivity (Wildman–Crippen MR) is 96.3 cm³/mol. The average molecular weight is 316 g/mol. The summed E-state index contributed by atoms with van der Waals surface area (Å²) >= 11 is 0. The molecule has 1 aromatic rings. The molecule has 1 aromatic carbocycles. The maximum Gasteiger partial charge on any atom is 0.123 e. The third kappa shape index (κ3) is 3.79. The Morgan fingerprint density at radius 1 is 0.957 bits per heavy atom. The highest BCUT2D eigenvalue weighted by atomic mass is 16.3. The van der Waals surface area contributed by atoms with Crippen LogP contribution in [0.15, 0.2) is 12.1 Å². The molecule has 23 heavy (non-hydrogen) atoms. The molecule has 128 valence electrons. The van der Waals surface area contributed by atoms with Crippen molar-refractivity contribution in [2.24, 2.45) is 5.92 Å². The van der Waals surface area contributed by atoms with Gasteiger partial charge < -0.3 is 9.90 Å². The molecule has 0 saturated heterocycles. The van der Waals surface area contributed by atoms with Crippen LogP contribution >= 0.6 is 0 Å². The number of aldehydes is 1. The number of aromatic hydroxyl groups is 1. The molecule has 0 aliphatic heterocycles. The topological polar surface area (TPSA) is 37.3 Å². The zero-order valence-corrected chi connectivity index (χ0v) is 15.6. The van der Waals surface area contributed by atoms with Crippen molar-refractivity contribution in [2.45, 2.75) is 84.0 Å². The summed E-state index contributed by atoms with van der Waals surface area (Å²) in [6.07, 6.45) is 5.54. The van der Waals surface area contributed by atoms with Gasteiger partial charge in [0.2, 0.25) is 0 Å². The minimum atomic E-state index is -0.120. The lowest BCUT2D eigenvalue weighted by molar-refractivity contribution is -0.112. The van der Waals surface area contributed by atoms with Gasteiger partial charge in [0, 0.05) is 5.92 Å². The highest BCUT2D eigenvalue weighted by Gasteiger charge is 2.31. The molecule has 1 aliphatic carbocycles. The molecule has 1 N–H and O–H groups in total. The van der Waals surface area contributed by atoms with E-state index in [1.807, 2.05) is 0 Å². The molecule has 2 unspecified atom stereocenters. The van der Waals surface area contributed by atoms with E-state index in [1.54, 1.807) is 0 Å².